The number of nitrogens with zero attached hydrogens (tertiary/aromatic N) is 2. The average Bonchev–Trinajstić information content (AvgIpc) is 3.09. The first-order valence-corrected chi connectivity index (χ1v) is 8.75. The third kappa shape index (κ3) is 4.87. The second-order valence-electron chi connectivity index (χ2n) is 5.53. The van der Waals surface area contributed by atoms with Crippen LogP contribution in [-0.2, 0) is 6.54 Å². The zero-order valence-electron chi connectivity index (χ0n) is 14.0. The fourth-order valence-corrected chi connectivity index (χ4v) is 2.88. The second-order valence-corrected chi connectivity index (χ2v) is 6.39. The molecule has 0 aliphatic rings. The Morgan fingerprint density at radius 2 is 2.04 bits per heavy atom. The van der Waals surface area contributed by atoms with Crippen LogP contribution in [-0.4, -0.2) is 21.9 Å². The zero-order valence-corrected chi connectivity index (χ0v) is 14.8. The Morgan fingerprint density at radius 1 is 1.15 bits per heavy atom. The predicted molar refractivity (Wildman–Crippen MR) is 101 cm³/mol. The summed E-state index contributed by atoms with van der Waals surface area (Å²) < 4.78 is 0. The van der Waals surface area contributed by atoms with Gasteiger partial charge in [0, 0.05) is 30.0 Å². The molecule has 0 saturated carbocycles. The summed E-state index contributed by atoms with van der Waals surface area (Å²) in [7, 11) is 0. The summed E-state index contributed by atoms with van der Waals surface area (Å²) in [5, 5.41) is 10.1. The number of amides is 3. The van der Waals surface area contributed by atoms with Crippen LogP contribution in [0.25, 0.3) is 0 Å². The highest BCUT2D eigenvalue weighted by atomic mass is 32.1. The first-order valence-electron chi connectivity index (χ1n) is 7.87. The summed E-state index contributed by atoms with van der Waals surface area (Å²) in [4.78, 5) is 32.3. The van der Waals surface area contributed by atoms with E-state index in [1.807, 2.05) is 31.2 Å². The lowest BCUT2D eigenvalue weighted by Crippen LogP contribution is -2.23. The van der Waals surface area contributed by atoms with E-state index in [1.54, 1.807) is 29.9 Å². The molecule has 0 aliphatic carbocycles. The van der Waals surface area contributed by atoms with Crippen LogP contribution >= 0.6 is 11.3 Å². The Hall–Kier alpha value is -3.26. The number of carbonyl (C=O) groups is 2. The SMILES string of the molecule is Cc1cccc(NC(=O)Nc2nc(C(=O)NCc3cccnc3)cs2)c1. The Bertz CT molecular complexity index is 911. The van der Waals surface area contributed by atoms with Crippen LogP contribution in [0.15, 0.2) is 54.2 Å². The molecule has 0 fully saturated rings. The Balaban J connectivity index is 1.53. The van der Waals surface area contributed by atoms with Crippen LogP contribution in [0.5, 0.6) is 0 Å². The smallest absolute Gasteiger partial charge is 0.325 e. The largest absolute Gasteiger partial charge is 0.347 e. The van der Waals surface area contributed by atoms with Crippen molar-refractivity contribution in [2.75, 3.05) is 10.6 Å². The summed E-state index contributed by atoms with van der Waals surface area (Å²) in [5.74, 6) is -0.308. The van der Waals surface area contributed by atoms with E-state index in [2.05, 4.69) is 25.9 Å². The summed E-state index contributed by atoms with van der Waals surface area (Å²) in [6, 6.07) is 10.7. The second kappa shape index (κ2) is 8.21. The summed E-state index contributed by atoms with van der Waals surface area (Å²) in [6.45, 7) is 2.31. The molecule has 8 heteroatoms. The summed E-state index contributed by atoms with van der Waals surface area (Å²) in [6.07, 6.45) is 3.36. The van der Waals surface area contributed by atoms with Gasteiger partial charge in [0.25, 0.3) is 5.91 Å². The first-order chi connectivity index (χ1) is 12.6. The molecule has 0 radical (unpaired) electrons. The number of rotatable bonds is 5. The molecule has 7 nitrogen and oxygen atoms in total. The van der Waals surface area contributed by atoms with Crippen LogP contribution in [0.2, 0.25) is 0 Å². The molecule has 2 heterocycles. The lowest BCUT2D eigenvalue weighted by atomic mass is 10.2. The zero-order chi connectivity index (χ0) is 18.4. The van der Waals surface area contributed by atoms with Gasteiger partial charge in [-0.3, -0.25) is 15.1 Å². The minimum absolute atomic E-state index is 0.254. The van der Waals surface area contributed by atoms with E-state index in [9.17, 15) is 9.59 Å². The van der Waals surface area contributed by atoms with Gasteiger partial charge >= 0.3 is 6.03 Å². The number of thiazole rings is 1. The number of aryl methyl sites for hydroxylation is 1. The number of aromatic nitrogens is 2. The predicted octanol–water partition coefficient (Wildman–Crippen LogP) is 3.42. The van der Waals surface area contributed by atoms with Crippen LogP contribution in [0, 0.1) is 6.92 Å². The molecule has 0 unspecified atom stereocenters. The molecule has 0 atom stereocenters. The highest BCUT2D eigenvalue weighted by Gasteiger charge is 2.12. The molecular weight excluding hydrogens is 350 g/mol. The van der Waals surface area contributed by atoms with E-state index in [1.165, 1.54) is 11.3 Å². The van der Waals surface area contributed by atoms with Crippen molar-refractivity contribution in [1.29, 1.82) is 0 Å². The van der Waals surface area contributed by atoms with Crippen molar-refractivity contribution >= 4 is 34.1 Å². The fraction of sp³-hybridized carbons (Fsp3) is 0.111. The molecular formula is C18H17N5O2S. The highest BCUT2D eigenvalue weighted by Crippen LogP contribution is 2.16. The van der Waals surface area contributed by atoms with Gasteiger partial charge in [-0.15, -0.1) is 11.3 Å². The Kier molecular flexibility index (Phi) is 5.55. The van der Waals surface area contributed by atoms with Gasteiger partial charge in [-0.2, -0.15) is 0 Å². The Labute approximate surface area is 154 Å². The standard InChI is InChI=1S/C18H17N5O2S/c1-12-4-2-6-14(8-12)21-17(25)23-18-22-15(11-26-18)16(24)20-10-13-5-3-7-19-9-13/h2-9,11H,10H2,1H3,(H,20,24)(H2,21,22,23,25). The number of hydrogen-bond donors (Lipinski definition) is 3. The highest BCUT2D eigenvalue weighted by molar-refractivity contribution is 7.14. The van der Waals surface area contributed by atoms with Crippen LogP contribution in [0.4, 0.5) is 15.6 Å². The number of hydrogen-bond acceptors (Lipinski definition) is 5. The van der Waals surface area contributed by atoms with Gasteiger partial charge in [0.1, 0.15) is 5.69 Å². The van der Waals surface area contributed by atoms with E-state index in [4.69, 9.17) is 0 Å². The van der Waals surface area contributed by atoms with E-state index < -0.39 is 6.03 Å². The lowest BCUT2D eigenvalue weighted by molar-refractivity contribution is 0.0946. The van der Waals surface area contributed by atoms with Gasteiger partial charge in [0.05, 0.1) is 0 Å². The van der Waals surface area contributed by atoms with Gasteiger partial charge in [0.2, 0.25) is 0 Å². The molecule has 3 rings (SSSR count). The lowest BCUT2D eigenvalue weighted by Gasteiger charge is -2.06. The maximum Gasteiger partial charge on any atom is 0.325 e. The maximum absolute atomic E-state index is 12.1. The Morgan fingerprint density at radius 3 is 2.81 bits per heavy atom. The van der Waals surface area contributed by atoms with E-state index in [0.29, 0.717) is 17.4 Å². The van der Waals surface area contributed by atoms with Crippen molar-refractivity contribution < 1.29 is 9.59 Å². The minimum atomic E-state index is -0.410. The van der Waals surface area contributed by atoms with E-state index in [-0.39, 0.29) is 11.6 Å². The van der Waals surface area contributed by atoms with Crippen molar-refractivity contribution in [2.24, 2.45) is 0 Å². The van der Waals surface area contributed by atoms with Crippen molar-refractivity contribution in [2.45, 2.75) is 13.5 Å². The van der Waals surface area contributed by atoms with Crippen molar-refractivity contribution in [3.63, 3.8) is 0 Å². The van der Waals surface area contributed by atoms with Crippen LogP contribution < -0.4 is 16.0 Å². The molecule has 132 valence electrons. The monoisotopic (exact) mass is 367 g/mol. The molecule has 3 amide bonds. The quantitative estimate of drug-likeness (QED) is 0.644. The number of carbonyl (C=O) groups excluding carboxylic acids is 2. The van der Waals surface area contributed by atoms with Crippen LogP contribution in [0.1, 0.15) is 21.6 Å². The maximum atomic E-state index is 12.1. The first kappa shape index (κ1) is 17.6. The molecule has 0 aliphatic heterocycles. The number of nitrogens with one attached hydrogen (secondary N) is 3. The topological polar surface area (TPSA) is 96.0 Å². The van der Waals surface area contributed by atoms with Crippen LogP contribution in [0.3, 0.4) is 0 Å². The van der Waals surface area contributed by atoms with Gasteiger partial charge in [0.15, 0.2) is 5.13 Å². The van der Waals surface area contributed by atoms with Gasteiger partial charge in [-0.1, -0.05) is 18.2 Å². The van der Waals surface area contributed by atoms with E-state index >= 15 is 0 Å². The molecule has 2 aromatic heterocycles. The molecule has 3 aromatic rings. The van der Waals surface area contributed by atoms with Crippen molar-refractivity contribution in [3.05, 3.63) is 71.0 Å². The third-order valence-corrected chi connectivity index (χ3v) is 4.17. The molecule has 26 heavy (non-hydrogen) atoms. The van der Waals surface area contributed by atoms with Gasteiger partial charge < -0.3 is 10.6 Å². The number of pyridine rings is 1. The number of anilines is 2. The minimum Gasteiger partial charge on any atom is -0.347 e. The molecule has 0 spiro atoms. The normalized spacial score (nSPS) is 10.2. The average molecular weight is 367 g/mol. The molecule has 3 N–H and O–H groups in total. The van der Waals surface area contributed by atoms with Gasteiger partial charge in [-0.05, 0) is 36.2 Å². The number of benzene rings is 1. The third-order valence-electron chi connectivity index (χ3n) is 3.41. The molecule has 0 saturated heterocycles. The van der Waals surface area contributed by atoms with Gasteiger partial charge in [-0.25, -0.2) is 9.78 Å². The van der Waals surface area contributed by atoms with Crippen molar-refractivity contribution in [3.8, 4) is 0 Å². The number of urea groups is 1. The van der Waals surface area contributed by atoms with E-state index in [0.717, 1.165) is 11.1 Å². The summed E-state index contributed by atoms with van der Waals surface area (Å²) >= 11 is 1.19. The molecule has 0 bridgehead atoms. The molecule has 1 aromatic carbocycles. The van der Waals surface area contributed by atoms with Crippen molar-refractivity contribution in [1.82, 2.24) is 15.3 Å². The summed E-state index contributed by atoms with van der Waals surface area (Å²) in [5.41, 5.74) is 2.88. The fourth-order valence-electron chi connectivity index (χ4n) is 2.19.